The van der Waals surface area contributed by atoms with Crippen molar-refractivity contribution in [1.29, 1.82) is 0 Å². The van der Waals surface area contributed by atoms with Crippen molar-refractivity contribution in [3.8, 4) is 0 Å². The number of nitrogens with zero attached hydrogens (tertiary/aromatic N) is 1. The molecule has 12 heavy (non-hydrogen) atoms. The standard InChI is InChI=1S/C10H8N2/c1-2-8-4-5-9-6-7-11-10(3-1)12(8)9/h1-7,11H. The van der Waals surface area contributed by atoms with Gasteiger partial charge in [-0.05, 0) is 30.3 Å². The van der Waals surface area contributed by atoms with E-state index in [1.54, 1.807) is 0 Å². The lowest BCUT2D eigenvalue weighted by atomic mass is 10.3. The molecule has 0 aromatic carbocycles. The van der Waals surface area contributed by atoms with Crippen molar-refractivity contribution in [1.82, 2.24) is 4.40 Å². The molecular weight excluding hydrogens is 148 g/mol. The van der Waals surface area contributed by atoms with Crippen molar-refractivity contribution in [3.63, 3.8) is 0 Å². The molecule has 0 atom stereocenters. The van der Waals surface area contributed by atoms with E-state index in [2.05, 4.69) is 46.1 Å². The van der Waals surface area contributed by atoms with Crippen LogP contribution >= 0.6 is 0 Å². The fraction of sp³-hybridized carbons (Fsp3) is 0. The minimum atomic E-state index is 1.13. The highest BCUT2D eigenvalue weighted by molar-refractivity contribution is 5.67. The van der Waals surface area contributed by atoms with Crippen LogP contribution in [0.25, 0.3) is 11.6 Å². The lowest BCUT2D eigenvalue weighted by Gasteiger charge is -2.11. The Kier molecular flexibility index (Phi) is 0.939. The van der Waals surface area contributed by atoms with Gasteiger partial charge in [0.1, 0.15) is 5.82 Å². The van der Waals surface area contributed by atoms with E-state index in [1.807, 2.05) is 6.20 Å². The van der Waals surface area contributed by atoms with E-state index >= 15 is 0 Å². The van der Waals surface area contributed by atoms with Crippen molar-refractivity contribution in [3.05, 3.63) is 42.2 Å². The molecular formula is C10H8N2. The van der Waals surface area contributed by atoms with E-state index in [1.165, 1.54) is 11.2 Å². The second kappa shape index (κ2) is 1.91. The SMILES string of the molecule is C1=Cc2ccc3cccc(n23)N1. The maximum atomic E-state index is 3.20. The number of anilines is 1. The second-order valence-corrected chi connectivity index (χ2v) is 2.91. The normalized spacial score (nSPS) is 13.3. The Labute approximate surface area is 70.1 Å². The highest BCUT2D eigenvalue weighted by Gasteiger charge is 2.05. The van der Waals surface area contributed by atoms with E-state index in [9.17, 15) is 0 Å². The van der Waals surface area contributed by atoms with Gasteiger partial charge in [-0.2, -0.15) is 0 Å². The van der Waals surface area contributed by atoms with Gasteiger partial charge in [0.25, 0.3) is 0 Å². The first kappa shape index (κ1) is 5.89. The van der Waals surface area contributed by atoms with Crippen molar-refractivity contribution >= 4 is 17.4 Å². The lowest BCUT2D eigenvalue weighted by molar-refractivity contribution is 1.16. The molecule has 3 heterocycles. The van der Waals surface area contributed by atoms with Gasteiger partial charge in [-0.3, -0.25) is 4.40 Å². The molecule has 0 spiro atoms. The largest absolute Gasteiger partial charge is 0.348 e. The van der Waals surface area contributed by atoms with Crippen LogP contribution in [0.15, 0.2) is 36.5 Å². The number of aromatic nitrogens is 1. The molecule has 2 nitrogen and oxygen atoms in total. The van der Waals surface area contributed by atoms with Gasteiger partial charge >= 0.3 is 0 Å². The van der Waals surface area contributed by atoms with E-state index in [4.69, 9.17) is 0 Å². The van der Waals surface area contributed by atoms with Gasteiger partial charge in [-0.1, -0.05) is 6.07 Å². The Morgan fingerprint density at radius 1 is 1.08 bits per heavy atom. The van der Waals surface area contributed by atoms with Gasteiger partial charge in [0.15, 0.2) is 0 Å². The summed E-state index contributed by atoms with van der Waals surface area (Å²) in [6.07, 6.45) is 4.03. The van der Waals surface area contributed by atoms with Crippen LogP contribution in [0.3, 0.4) is 0 Å². The van der Waals surface area contributed by atoms with Crippen molar-refractivity contribution in [2.24, 2.45) is 0 Å². The summed E-state index contributed by atoms with van der Waals surface area (Å²) < 4.78 is 2.19. The summed E-state index contributed by atoms with van der Waals surface area (Å²) in [5, 5.41) is 3.20. The molecule has 1 N–H and O–H groups in total. The Hall–Kier alpha value is -1.70. The van der Waals surface area contributed by atoms with Crippen LogP contribution in [0, 0.1) is 0 Å². The van der Waals surface area contributed by atoms with Crippen LogP contribution in [0.1, 0.15) is 5.69 Å². The van der Waals surface area contributed by atoms with Crippen LogP contribution in [0.4, 0.5) is 5.82 Å². The fourth-order valence-electron chi connectivity index (χ4n) is 1.64. The van der Waals surface area contributed by atoms with Crippen molar-refractivity contribution in [2.75, 3.05) is 5.32 Å². The van der Waals surface area contributed by atoms with Crippen LogP contribution in [-0.2, 0) is 0 Å². The quantitative estimate of drug-likeness (QED) is 0.619. The Morgan fingerprint density at radius 3 is 3.08 bits per heavy atom. The third kappa shape index (κ3) is 0.593. The Balaban J connectivity index is 2.57. The first-order valence-corrected chi connectivity index (χ1v) is 3.99. The zero-order valence-electron chi connectivity index (χ0n) is 6.49. The molecule has 0 aliphatic carbocycles. The van der Waals surface area contributed by atoms with Gasteiger partial charge in [-0.25, -0.2) is 0 Å². The number of rotatable bonds is 0. The number of hydrogen-bond acceptors (Lipinski definition) is 1. The second-order valence-electron chi connectivity index (χ2n) is 2.91. The zero-order valence-corrected chi connectivity index (χ0v) is 6.49. The summed E-state index contributed by atoms with van der Waals surface area (Å²) >= 11 is 0. The van der Waals surface area contributed by atoms with Gasteiger partial charge in [0.05, 0.1) is 0 Å². The topological polar surface area (TPSA) is 16.4 Å². The molecule has 0 radical (unpaired) electrons. The molecule has 1 aliphatic rings. The molecule has 3 rings (SSSR count). The predicted molar refractivity (Wildman–Crippen MR) is 50.1 cm³/mol. The van der Waals surface area contributed by atoms with E-state index in [0.29, 0.717) is 0 Å². The van der Waals surface area contributed by atoms with Crippen molar-refractivity contribution in [2.45, 2.75) is 0 Å². The molecule has 2 heteroatoms. The molecule has 0 amide bonds. The summed E-state index contributed by atoms with van der Waals surface area (Å²) in [4.78, 5) is 0. The van der Waals surface area contributed by atoms with Crippen LogP contribution in [0.2, 0.25) is 0 Å². The smallest absolute Gasteiger partial charge is 0.114 e. The lowest BCUT2D eigenvalue weighted by Crippen LogP contribution is -2.01. The summed E-state index contributed by atoms with van der Waals surface area (Å²) in [7, 11) is 0. The first-order valence-electron chi connectivity index (χ1n) is 3.99. The van der Waals surface area contributed by atoms with E-state index < -0.39 is 0 Å². The maximum Gasteiger partial charge on any atom is 0.114 e. The minimum Gasteiger partial charge on any atom is -0.348 e. The summed E-state index contributed by atoms with van der Waals surface area (Å²) in [6.45, 7) is 0. The molecule has 0 saturated carbocycles. The molecule has 58 valence electrons. The highest BCUT2D eigenvalue weighted by Crippen LogP contribution is 2.21. The molecule has 2 aromatic rings. The highest BCUT2D eigenvalue weighted by atomic mass is 15.1. The predicted octanol–water partition coefficient (Wildman–Crippen LogP) is 2.34. The van der Waals surface area contributed by atoms with Crippen LogP contribution in [0.5, 0.6) is 0 Å². The Morgan fingerprint density at radius 2 is 2.08 bits per heavy atom. The van der Waals surface area contributed by atoms with Gasteiger partial charge in [0.2, 0.25) is 0 Å². The van der Waals surface area contributed by atoms with Crippen molar-refractivity contribution < 1.29 is 0 Å². The maximum absolute atomic E-state index is 3.20. The van der Waals surface area contributed by atoms with E-state index in [0.717, 1.165) is 5.82 Å². The molecule has 1 aliphatic heterocycles. The zero-order chi connectivity index (χ0) is 7.97. The molecule has 0 fully saturated rings. The average Bonchev–Trinajstić information content (AvgIpc) is 2.52. The summed E-state index contributed by atoms with van der Waals surface area (Å²) in [5.41, 5.74) is 2.47. The minimum absolute atomic E-state index is 1.13. The number of pyridine rings is 1. The molecule has 2 aromatic heterocycles. The fourth-order valence-corrected chi connectivity index (χ4v) is 1.64. The summed E-state index contributed by atoms with van der Waals surface area (Å²) in [5.74, 6) is 1.13. The molecule has 0 bridgehead atoms. The third-order valence-electron chi connectivity index (χ3n) is 2.19. The summed E-state index contributed by atoms with van der Waals surface area (Å²) in [6, 6.07) is 10.5. The van der Waals surface area contributed by atoms with Crippen LogP contribution in [-0.4, -0.2) is 4.40 Å². The molecule has 0 unspecified atom stereocenters. The first-order chi connectivity index (χ1) is 5.95. The monoisotopic (exact) mass is 156 g/mol. The third-order valence-corrected chi connectivity index (χ3v) is 2.19. The van der Waals surface area contributed by atoms with E-state index in [-0.39, 0.29) is 0 Å². The molecule has 0 saturated heterocycles. The van der Waals surface area contributed by atoms with Crippen LogP contribution < -0.4 is 5.32 Å². The average molecular weight is 156 g/mol. The van der Waals surface area contributed by atoms with Gasteiger partial charge in [0, 0.05) is 17.4 Å². The van der Waals surface area contributed by atoms with Gasteiger partial charge < -0.3 is 5.32 Å². The number of nitrogens with one attached hydrogen (secondary N) is 1. The van der Waals surface area contributed by atoms with Gasteiger partial charge in [-0.15, -0.1) is 0 Å². The Bertz CT molecular complexity index is 466. The number of hydrogen-bond donors (Lipinski definition) is 1.